The first-order valence-electron chi connectivity index (χ1n) is 4.07. The van der Waals surface area contributed by atoms with Gasteiger partial charge in [0.15, 0.2) is 6.26 Å². The Morgan fingerprint density at radius 1 is 1.15 bits per heavy atom. The van der Waals surface area contributed by atoms with Gasteiger partial charge in [-0.15, -0.1) is 11.8 Å². The zero-order chi connectivity index (χ0) is 8.93. The summed E-state index contributed by atoms with van der Waals surface area (Å²) in [5.41, 5.74) is 1.32. The second kappa shape index (κ2) is 4.19. The van der Waals surface area contributed by atoms with E-state index in [0.717, 1.165) is 10.6 Å². The number of rotatable bonds is 3. The molecule has 2 rings (SSSR count). The first-order valence-corrected chi connectivity index (χ1v) is 5.05. The van der Waals surface area contributed by atoms with E-state index in [4.69, 9.17) is 4.42 Å². The van der Waals surface area contributed by atoms with Crippen molar-refractivity contribution in [3.8, 4) is 0 Å². The van der Waals surface area contributed by atoms with Gasteiger partial charge in [-0.25, -0.2) is 0 Å². The van der Waals surface area contributed by atoms with Crippen molar-refractivity contribution in [1.82, 2.24) is 0 Å². The minimum Gasteiger partial charge on any atom is -0.460 e. The predicted molar refractivity (Wildman–Crippen MR) is 53.5 cm³/mol. The van der Waals surface area contributed by atoms with Crippen LogP contribution in [0.3, 0.4) is 0 Å². The number of benzene rings is 1. The summed E-state index contributed by atoms with van der Waals surface area (Å²) in [7, 11) is 0. The molecule has 1 heterocycles. The van der Waals surface area contributed by atoms with E-state index in [9.17, 15) is 0 Å². The van der Waals surface area contributed by atoms with Gasteiger partial charge in [0.1, 0.15) is 0 Å². The van der Waals surface area contributed by atoms with Crippen LogP contribution in [-0.2, 0) is 5.75 Å². The minimum absolute atomic E-state index is 0.969. The van der Waals surface area contributed by atoms with E-state index in [1.165, 1.54) is 5.56 Å². The fraction of sp³-hybridized carbons (Fsp3) is 0.0909. The van der Waals surface area contributed by atoms with Gasteiger partial charge < -0.3 is 4.42 Å². The van der Waals surface area contributed by atoms with Crippen molar-refractivity contribution in [1.29, 1.82) is 0 Å². The van der Waals surface area contributed by atoms with Gasteiger partial charge in [-0.3, -0.25) is 0 Å². The molecule has 0 N–H and O–H groups in total. The van der Waals surface area contributed by atoms with Crippen LogP contribution >= 0.6 is 11.8 Å². The monoisotopic (exact) mass is 189 g/mol. The fourth-order valence-electron chi connectivity index (χ4n) is 1.03. The molecule has 0 aliphatic heterocycles. The topological polar surface area (TPSA) is 13.1 Å². The molecular weight excluding hydrogens is 180 g/mol. The van der Waals surface area contributed by atoms with Crippen molar-refractivity contribution in [2.45, 2.75) is 10.6 Å². The third kappa shape index (κ3) is 2.39. The van der Waals surface area contributed by atoms with Crippen LogP contribution in [0, 0.1) is 6.26 Å². The van der Waals surface area contributed by atoms with Crippen LogP contribution in [-0.4, -0.2) is 0 Å². The molecule has 0 saturated heterocycles. The highest BCUT2D eigenvalue weighted by Crippen LogP contribution is 2.21. The first-order chi connectivity index (χ1) is 6.45. The normalized spacial score (nSPS) is 10.2. The molecule has 65 valence electrons. The lowest BCUT2D eigenvalue weighted by molar-refractivity contribution is 0.552. The molecule has 13 heavy (non-hydrogen) atoms. The molecular formula is C11H9OS. The highest BCUT2D eigenvalue weighted by Gasteiger charge is 1.96. The molecule has 2 aromatic rings. The predicted octanol–water partition coefficient (Wildman–Crippen LogP) is 3.37. The second-order valence-electron chi connectivity index (χ2n) is 2.66. The summed E-state index contributed by atoms with van der Waals surface area (Å²) in [4.78, 5) is 1.06. The molecule has 0 atom stereocenters. The van der Waals surface area contributed by atoms with E-state index in [1.807, 2.05) is 12.1 Å². The summed E-state index contributed by atoms with van der Waals surface area (Å²) in [6.45, 7) is 0. The van der Waals surface area contributed by atoms with Crippen molar-refractivity contribution in [2.75, 3.05) is 0 Å². The van der Waals surface area contributed by atoms with E-state index in [-0.39, 0.29) is 0 Å². The molecule has 2 heteroatoms. The van der Waals surface area contributed by atoms with Crippen LogP contribution in [0.25, 0.3) is 0 Å². The largest absolute Gasteiger partial charge is 0.460 e. The van der Waals surface area contributed by atoms with Gasteiger partial charge in [0.05, 0.1) is 11.2 Å². The zero-order valence-electron chi connectivity index (χ0n) is 7.07. The first kappa shape index (κ1) is 8.45. The third-order valence-corrected chi connectivity index (χ3v) is 2.69. The van der Waals surface area contributed by atoms with Gasteiger partial charge in [0, 0.05) is 5.75 Å². The molecule has 0 unspecified atom stereocenters. The molecule has 1 radical (unpaired) electrons. The van der Waals surface area contributed by atoms with Crippen molar-refractivity contribution in [3.05, 3.63) is 54.5 Å². The average molecular weight is 189 g/mol. The lowest BCUT2D eigenvalue weighted by atomic mass is 10.2. The van der Waals surface area contributed by atoms with Gasteiger partial charge in [-0.05, 0) is 11.6 Å². The molecule has 0 aliphatic rings. The van der Waals surface area contributed by atoms with Crippen molar-refractivity contribution in [2.24, 2.45) is 0 Å². The van der Waals surface area contributed by atoms with Gasteiger partial charge in [0.2, 0.25) is 0 Å². The Labute approximate surface area is 81.8 Å². The third-order valence-electron chi connectivity index (χ3n) is 1.68. The van der Waals surface area contributed by atoms with Crippen LogP contribution < -0.4 is 0 Å². The Hall–Kier alpha value is -1.15. The zero-order valence-corrected chi connectivity index (χ0v) is 7.88. The summed E-state index contributed by atoms with van der Waals surface area (Å²) < 4.78 is 4.86. The van der Waals surface area contributed by atoms with E-state index >= 15 is 0 Å². The number of hydrogen-bond donors (Lipinski definition) is 0. The number of thioether (sulfide) groups is 1. The molecule has 1 aromatic carbocycles. The summed E-state index contributed by atoms with van der Waals surface area (Å²) in [5, 5.41) is 0. The summed E-state index contributed by atoms with van der Waals surface area (Å²) >= 11 is 1.73. The summed E-state index contributed by atoms with van der Waals surface area (Å²) in [5.74, 6) is 0.969. The van der Waals surface area contributed by atoms with Gasteiger partial charge >= 0.3 is 0 Å². The summed E-state index contributed by atoms with van der Waals surface area (Å²) in [6.07, 6.45) is 4.44. The Kier molecular flexibility index (Phi) is 2.72. The standard InChI is InChI=1S/C11H9OS/c1-2-4-10(5-3-1)9-13-11-6-7-12-8-11/h1-7H,9H2. The van der Waals surface area contributed by atoms with E-state index < -0.39 is 0 Å². The summed E-state index contributed by atoms with van der Waals surface area (Å²) in [6, 6.07) is 12.3. The maximum absolute atomic E-state index is 4.86. The Bertz CT molecular complexity index is 340. The number of furan rings is 1. The van der Waals surface area contributed by atoms with Crippen LogP contribution in [0.4, 0.5) is 0 Å². The molecule has 1 nitrogen and oxygen atoms in total. The van der Waals surface area contributed by atoms with Crippen molar-refractivity contribution >= 4 is 11.8 Å². The quantitative estimate of drug-likeness (QED) is 0.687. The SMILES string of the molecule is [c]1occc1SCc1ccccc1. The molecule has 0 amide bonds. The highest BCUT2D eigenvalue weighted by atomic mass is 32.2. The minimum atomic E-state index is 0.969. The highest BCUT2D eigenvalue weighted by molar-refractivity contribution is 7.98. The Morgan fingerprint density at radius 3 is 2.69 bits per heavy atom. The van der Waals surface area contributed by atoms with Crippen molar-refractivity contribution in [3.63, 3.8) is 0 Å². The molecule has 0 fully saturated rings. The molecule has 1 aromatic heterocycles. The maximum atomic E-state index is 4.86. The van der Waals surface area contributed by atoms with Gasteiger partial charge in [0.25, 0.3) is 0 Å². The van der Waals surface area contributed by atoms with Crippen LogP contribution in [0.2, 0.25) is 0 Å². The van der Waals surface area contributed by atoms with Crippen molar-refractivity contribution < 1.29 is 4.42 Å². The van der Waals surface area contributed by atoms with Crippen LogP contribution in [0.15, 0.2) is 52.0 Å². The molecule has 0 aliphatic carbocycles. The Balaban J connectivity index is 1.94. The lowest BCUT2D eigenvalue weighted by Crippen LogP contribution is -1.77. The van der Waals surface area contributed by atoms with Gasteiger partial charge in [-0.2, -0.15) is 0 Å². The van der Waals surface area contributed by atoms with Crippen LogP contribution in [0.1, 0.15) is 5.56 Å². The Morgan fingerprint density at radius 2 is 2.00 bits per heavy atom. The maximum Gasteiger partial charge on any atom is 0.183 e. The molecule has 0 saturated carbocycles. The van der Waals surface area contributed by atoms with Crippen LogP contribution in [0.5, 0.6) is 0 Å². The van der Waals surface area contributed by atoms with Gasteiger partial charge in [-0.1, -0.05) is 30.3 Å². The van der Waals surface area contributed by atoms with E-state index in [2.05, 4.69) is 30.5 Å². The van der Waals surface area contributed by atoms with E-state index in [1.54, 1.807) is 18.0 Å². The molecule has 0 bridgehead atoms. The molecule has 0 spiro atoms. The fourth-order valence-corrected chi connectivity index (χ4v) is 1.81. The van der Waals surface area contributed by atoms with E-state index in [0.29, 0.717) is 0 Å². The lowest BCUT2D eigenvalue weighted by Gasteiger charge is -1.97. The number of hydrogen-bond acceptors (Lipinski definition) is 2. The smallest absolute Gasteiger partial charge is 0.183 e. The second-order valence-corrected chi connectivity index (χ2v) is 3.68. The average Bonchev–Trinajstić information content (AvgIpc) is 2.69.